The van der Waals surface area contributed by atoms with E-state index in [1.807, 2.05) is 4.68 Å². The predicted octanol–water partition coefficient (Wildman–Crippen LogP) is 2.25. The van der Waals surface area contributed by atoms with E-state index in [1.54, 1.807) is 6.33 Å². The van der Waals surface area contributed by atoms with Gasteiger partial charge < -0.3 is 5.32 Å². The van der Waals surface area contributed by atoms with E-state index in [2.05, 4.69) is 50.0 Å². The van der Waals surface area contributed by atoms with Crippen molar-refractivity contribution in [1.82, 2.24) is 20.1 Å². The summed E-state index contributed by atoms with van der Waals surface area (Å²) in [5.74, 6) is 1.09. The maximum atomic E-state index is 4.38. The van der Waals surface area contributed by atoms with E-state index in [1.165, 1.54) is 0 Å². The maximum Gasteiger partial charge on any atom is 0.138 e. The van der Waals surface area contributed by atoms with Gasteiger partial charge in [-0.1, -0.05) is 34.6 Å². The van der Waals surface area contributed by atoms with Gasteiger partial charge in [-0.2, -0.15) is 5.10 Å². The molecule has 0 spiro atoms. The predicted molar refractivity (Wildman–Crippen MR) is 70.9 cm³/mol. The lowest BCUT2D eigenvalue weighted by atomic mass is 9.84. The molecule has 4 nitrogen and oxygen atoms in total. The quantitative estimate of drug-likeness (QED) is 0.826. The maximum absolute atomic E-state index is 4.38. The molecule has 0 aliphatic heterocycles. The third kappa shape index (κ3) is 4.11. The van der Waals surface area contributed by atoms with Gasteiger partial charge in [-0.3, -0.25) is 4.68 Å². The molecule has 0 aromatic carbocycles. The summed E-state index contributed by atoms with van der Waals surface area (Å²) in [6, 6.07) is 0.437. The summed E-state index contributed by atoms with van der Waals surface area (Å²) in [6.45, 7) is 13.1. The first-order valence-corrected chi connectivity index (χ1v) is 6.59. The molecule has 0 aliphatic rings. The number of hydrogen-bond donors (Lipinski definition) is 1. The molecule has 1 N–H and O–H groups in total. The number of likely N-dealkylation sites (N-methyl/N-ethyl adjacent to an activating group) is 1. The standard InChI is InChI=1S/C13H26N4/c1-6-8-17-12(15-10-16-17)9-11(14-7-2)13(3,4)5/h10-11,14H,6-9H2,1-5H3. The van der Waals surface area contributed by atoms with Crippen LogP contribution in [0.1, 0.15) is 46.9 Å². The lowest BCUT2D eigenvalue weighted by Gasteiger charge is -2.31. The largest absolute Gasteiger partial charge is 0.313 e. The molecule has 1 rings (SSSR count). The Morgan fingerprint density at radius 1 is 1.35 bits per heavy atom. The van der Waals surface area contributed by atoms with Crippen LogP contribution in [0.3, 0.4) is 0 Å². The van der Waals surface area contributed by atoms with Crippen molar-refractivity contribution >= 4 is 0 Å². The smallest absolute Gasteiger partial charge is 0.138 e. The number of rotatable bonds is 6. The third-order valence-corrected chi connectivity index (χ3v) is 3.01. The van der Waals surface area contributed by atoms with Crippen molar-refractivity contribution in [3.8, 4) is 0 Å². The molecule has 1 heterocycles. The molecule has 0 bridgehead atoms. The van der Waals surface area contributed by atoms with Gasteiger partial charge in [0.25, 0.3) is 0 Å². The molecule has 0 fully saturated rings. The Hall–Kier alpha value is -0.900. The Bertz CT molecular complexity index is 324. The Morgan fingerprint density at radius 2 is 2.06 bits per heavy atom. The summed E-state index contributed by atoms with van der Waals surface area (Å²) >= 11 is 0. The van der Waals surface area contributed by atoms with Crippen LogP contribution in [-0.2, 0) is 13.0 Å². The second-order valence-electron chi connectivity index (χ2n) is 5.58. The third-order valence-electron chi connectivity index (χ3n) is 3.01. The minimum atomic E-state index is 0.235. The van der Waals surface area contributed by atoms with Crippen LogP contribution < -0.4 is 5.32 Å². The van der Waals surface area contributed by atoms with Crippen LogP contribution in [0.2, 0.25) is 0 Å². The first kappa shape index (κ1) is 14.2. The van der Waals surface area contributed by atoms with Crippen LogP contribution >= 0.6 is 0 Å². The average molecular weight is 238 g/mol. The van der Waals surface area contributed by atoms with Gasteiger partial charge in [0.05, 0.1) is 0 Å². The highest BCUT2D eigenvalue weighted by molar-refractivity contribution is 4.94. The van der Waals surface area contributed by atoms with E-state index >= 15 is 0 Å². The number of aryl methyl sites for hydroxylation is 1. The molecule has 0 saturated heterocycles. The summed E-state index contributed by atoms with van der Waals surface area (Å²) in [7, 11) is 0. The number of hydrogen-bond acceptors (Lipinski definition) is 3. The van der Waals surface area contributed by atoms with Crippen molar-refractivity contribution in [3.63, 3.8) is 0 Å². The minimum Gasteiger partial charge on any atom is -0.313 e. The van der Waals surface area contributed by atoms with Crippen LogP contribution in [0.15, 0.2) is 6.33 Å². The van der Waals surface area contributed by atoms with Crippen molar-refractivity contribution in [2.24, 2.45) is 5.41 Å². The van der Waals surface area contributed by atoms with E-state index in [9.17, 15) is 0 Å². The average Bonchev–Trinajstić information content (AvgIpc) is 2.64. The molecule has 0 radical (unpaired) electrons. The molecular formula is C13H26N4. The molecule has 1 aromatic rings. The van der Waals surface area contributed by atoms with Gasteiger partial charge in [-0.15, -0.1) is 0 Å². The fourth-order valence-corrected chi connectivity index (χ4v) is 1.96. The highest BCUT2D eigenvalue weighted by Gasteiger charge is 2.25. The first-order valence-electron chi connectivity index (χ1n) is 6.59. The van der Waals surface area contributed by atoms with Gasteiger partial charge in [0.2, 0.25) is 0 Å². The summed E-state index contributed by atoms with van der Waals surface area (Å²) in [5.41, 5.74) is 0.235. The highest BCUT2D eigenvalue weighted by atomic mass is 15.3. The molecule has 0 saturated carbocycles. The molecule has 1 aromatic heterocycles. The molecule has 0 aliphatic carbocycles. The zero-order valence-electron chi connectivity index (χ0n) is 11.8. The second-order valence-corrected chi connectivity index (χ2v) is 5.58. The van der Waals surface area contributed by atoms with Crippen molar-refractivity contribution in [2.45, 2.75) is 60.0 Å². The summed E-state index contributed by atoms with van der Waals surface area (Å²) in [6.07, 6.45) is 3.70. The fraction of sp³-hybridized carbons (Fsp3) is 0.846. The minimum absolute atomic E-state index is 0.235. The molecule has 4 heteroatoms. The van der Waals surface area contributed by atoms with Crippen molar-refractivity contribution in [3.05, 3.63) is 12.2 Å². The zero-order valence-corrected chi connectivity index (χ0v) is 11.8. The number of nitrogens with zero attached hydrogens (tertiary/aromatic N) is 3. The second kappa shape index (κ2) is 6.15. The van der Waals surface area contributed by atoms with Crippen LogP contribution in [0.4, 0.5) is 0 Å². The first-order chi connectivity index (χ1) is 7.99. The van der Waals surface area contributed by atoms with E-state index in [-0.39, 0.29) is 5.41 Å². The Balaban J connectivity index is 2.75. The monoisotopic (exact) mass is 238 g/mol. The molecule has 1 atom stereocenters. The van der Waals surface area contributed by atoms with Crippen molar-refractivity contribution in [1.29, 1.82) is 0 Å². The van der Waals surface area contributed by atoms with Crippen LogP contribution in [0.25, 0.3) is 0 Å². The Labute approximate surface area is 105 Å². The molecule has 17 heavy (non-hydrogen) atoms. The van der Waals surface area contributed by atoms with Crippen molar-refractivity contribution < 1.29 is 0 Å². The molecule has 98 valence electrons. The zero-order chi connectivity index (χ0) is 12.9. The molecular weight excluding hydrogens is 212 g/mol. The summed E-state index contributed by atoms with van der Waals surface area (Å²) < 4.78 is 2.02. The van der Waals surface area contributed by atoms with Gasteiger partial charge in [0.1, 0.15) is 12.2 Å². The molecule has 1 unspecified atom stereocenters. The SMILES string of the molecule is CCCn1ncnc1CC(NCC)C(C)(C)C. The summed E-state index contributed by atoms with van der Waals surface area (Å²) in [4.78, 5) is 4.38. The van der Waals surface area contributed by atoms with Crippen LogP contribution in [0.5, 0.6) is 0 Å². The Morgan fingerprint density at radius 3 is 2.59 bits per heavy atom. The van der Waals surface area contributed by atoms with Gasteiger partial charge in [0, 0.05) is 19.0 Å². The van der Waals surface area contributed by atoms with E-state index in [0.29, 0.717) is 6.04 Å². The van der Waals surface area contributed by atoms with Gasteiger partial charge in [-0.05, 0) is 18.4 Å². The topological polar surface area (TPSA) is 42.7 Å². The number of nitrogens with one attached hydrogen (secondary N) is 1. The van der Waals surface area contributed by atoms with Crippen LogP contribution in [-0.4, -0.2) is 27.4 Å². The van der Waals surface area contributed by atoms with E-state index in [0.717, 1.165) is 31.8 Å². The van der Waals surface area contributed by atoms with E-state index < -0.39 is 0 Å². The normalized spacial score (nSPS) is 13.9. The van der Waals surface area contributed by atoms with Crippen LogP contribution in [0, 0.1) is 5.41 Å². The lowest BCUT2D eigenvalue weighted by molar-refractivity contribution is 0.264. The van der Waals surface area contributed by atoms with Gasteiger partial charge in [-0.25, -0.2) is 4.98 Å². The van der Waals surface area contributed by atoms with Gasteiger partial charge in [0.15, 0.2) is 0 Å². The van der Waals surface area contributed by atoms with Gasteiger partial charge >= 0.3 is 0 Å². The number of aromatic nitrogens is 3. The summed E-state index contributed by atoms with van der Waals surface area (Å²) in [5, 5.41) is 7.83. The lowest BCUT2D eigenvalue weighted by Crippen LogP contribution is -2.42. The fourth-order valence-electron chi connectivity index (χ4n) is 1.96. The highest BCUT2D eigenvalue weighted by Crippen LogP contribution is 2.22. The Kier molecular flexibility index (Phi) is 5.12. The van der Waals surface area contributed by atoms with Crippen molar-refractivity contribution in [2.75, 3.05) is 6.54 Å². The molecule has 0 amide bonds. The van der Waals surface area contributed by atoms with E-state index in [4.69, 9.17) is 0 Å².